The van der Waals surface area contributed by atoms with E-state index in [-0.39, 0.29) is 17.6 Å². The largest absolute Gasteiger partial charge is 0.478 e. The monoisotopic (exact) mass is 340 g/mol. The highest BCUT2D eigenvalue weighted by molar-refractivity contribution is 5.87. The third-order valence-corrected chi connectivity index (χ3v) is 4.30. The van der Waals surface area contributed by atoms with E-state index in [4.69, 9.17) is 5.11 Å². The smallest absolute Gasteiger partial charge is 0.335 e. The maximum atomic E-state index is 12.4. The van der Waals surface area contributed by atoms with Gasteiger partial charge in [0.25, 0.3) is 0 Å². The van der Waals surface area contributed by atoms with Crippen LogP contribution in [0.4, 0.5) is 4.79 Å². The van der Waals surface area contributed by atoms with E-state index in [2.05, 4.69) is 24.4 Å². The van der Waals surface area contributed by atoms with Gasteiger partial charge in [-0.25, -0.2) is 9.59 Å². The number of hydrogen-bond acceptors (Lipinski definition) is 2. The quantitative estimate of drug-likeness (QED) is 0.810. The highest BCUT2D eigenvalue weighted by atomic mass is 16.4. The number of hydrogen-bond donors (Lipinski definition) is 2. The van der Waals surface area contributed by atoms with Gasteiger partial charge < -0.3 is 15.3 Å². The fourth-order valence-electron chi connectivity index (χ4n) is 2.67. The van der Waals surface area contributed by atoms with E-state index in [0.29, 0.717) is 6.54 Å². The van der Waals surface area contributed by atoms with Gasteiger partial charge in [0.2, 0.25) is 0 Å². The highest BCUT2D eigenvalue weighted by Gasteiger charge is 2.18. The lowest BCUT2D eigenvalue weighted by Crippen LogP contribution is -2.44. The molecule has 0 radical (unpaired) electrons. The Morgan fingerprint density at radius 1 is 1.04 bits per heavy atom. The Kier molecular flexibility index (Phi) is 6.57. The van der Waals surface area contributed by atoms with E-state index in [1.165, 1.54) is 17.7 Å². The van der Waals surface area contributed by atoms with Crippen molar-refractivity contribution in [3.63, 3.8) is 0 Å². The number of aromatic carboxylic acids is 1. The van der Waals surface area contributed by atoms with Crippen LogP contribution in [0.1, 0.15) is 34.8 Å². The van der Waals surface area contributed by atoms with Crippen molar-refractivity contribution in [1.82, 2.24) is 10.2 Å². The molecule has 2 aromatic rings. The zero-order valence-corrected chi connectivity index (χ0v) is 14.6. The summed E-state index contributed by atoms with van der Waals surface area (Å²) in [4.78, 5) is 25.0. The van der Waals surface area contributed by atoms with E-state index < -0.39 is 5.97 Å². The summed E-state index contributed by atoms with van der Waals surface area (Å²) >= 11 is 0. The Hall–Kier alpha value is -2.82. The molecule has 2 rings (SSSR count). The average molecular weight is 340 g/mol. The van der Waals surface area contributed by atoms with Gasteiger partial charge in [0.05, 0.1) is 5.56 Å². The normalized spacial score (nSPS) is 11.6. The molecule has 1 atom stereocenters. The molecule has 2 N–H and O–H groups in total. The summed E-state index contributed by atoms with van der Waals surface area (Å²) in [6.45, 7) is 2.44. The third kappa shape index (κ3) is 5.35. The Morgan fingerprint density at radius 2 is 1.68 bits per heavy atom. The predicted molar refractivity (Wildman–Crippen MR) is 97.6 cm³/mol. The first kappa shape index (κ1) is 18.5. The van der Waals surface area contributed by atoms with Crippen LogP contribution in [0.15, 0.2) is 54.6 Å². The molecule has 0 saturated heterocycles. The van der Waals surface area contributed by atoms with Gasteiger partial charge in [0.15, 0.2) is 0 Å². The van der Waals surface area contributed by atoms with Crippen LogP contribution in [0.3, 0.4) is 0 Å². The lowest BCUT2D eigenvalue weighted by molar-refractivity contribution is 0.0697. The van der Waals surface area contributed by atoms with Crippen LogP contribution in [0.25, 0.3) is 0 Å². The number of rotatable bonds is 7. The molecule has 0 bridgehead atoms. The molecule has 5 nitrogen and oxygen atoms in total. The molecule has 0 saturated carbocycles. The topological polar surface area (TPSA) is 69.6 Å². The number of likely N-dealkylation sites (N-methyl/N-ethyl adjacent to an activating group) is 1. The van der Waals surface area contributed by atoms with Crippen molar-refractivity contribution >= 4 is 12.0 Å². The number of carbonyl (C=O) groups is 2. The second-order valence-corrected chi connectivity index (χ2v) is 6.02. The van der Waals surface area contributed by atoms with Crippen molar-refractivity contribution in [3.8, 4) is 0 Å². The first-order valence-corrected chi connectivity index (χ1v) is 8.38. The van der Waals surface area contributed by atoms with E-state index in [1.807, 2.05) is 18.2 Å². The van der Waals surface area contributed by atoms with Crippen molar-refractivity contribution in [2.45, 2.75) is 32.4 Å². The second-order valence-electron chi connectivity index (χ2n) is 6.02. The first-order valence-electron chi connectivity index (χ1n) is 8.38. The first-order chi connectivity index (χ1) is 12.0. The van der Waals surface area contributed by atoms with Crippen LogP contribution in [0.2, 0.25) is 0 Å². The molecule has 132 valence electrons. The number of carboxylic acids is 1. The van der Waals surface area contributed by atoms with Crippen LogP contribution in [-0.2, 0) is 13.0 Å². The predicted octanol–water partition coefficient (Wildman–Crippen LogP) is 3.55. The van der Waals surface area contributed by atoms with Crippen molar-refractivity contribution in [2.24, 2.45) is 0 Å². The van der Waals surface area contributed by atoms with E-state index >= 15 is 0 Å². The van der Waals surface area contributed by atoms with Gasteiger partial charge >= 0.3 is 12.0 Å². The highest BCUT2D eigenvalue weighted by Crippen LogP contribution is 2.11. The van der Waals surface area contributed by atoms with Crippen molar-refractivity contribution < 1.29 is 14.7 Å². The molecule has 2 aromatic carbocycles. The van der Waals surface area contributed by atoms with Crippen LogP contribution < -0.4 is 5.32 Å². The maximum absolute atomic E-state index is 12.4. The van der Waals surface area contributed by atoms with Gasteiger partial charge in [-0.05, 0) is 36.1 Å². The molecule has 0 fully saturated rings. The Labute approximate surface area is 148 Å². The fourth-order valence-corrected chi connectivity index (χ4v) is 2.67. The lowest BCUT2D eigenvalue weighted by atomic mass is 10.0. The molecule has 0 heterocycles. The number of benzene rings is 2. The number of carboxylic acid groups (broad SMARTS) is 1. The number of amides is 2. The van der Waals surface area contributed by atoms with Gasteiger partial charge in [0, 0.05) is 19.6 Å². The average Bonchev–Trinajstić information content (AvgIpc) is 2.64. The third-order valence-electron chi connectivity index (χ3n) is 4.30. The number of nitrogens with zero attached hydrogens (tertiary/aromatic N) is 1. The van der Waals surface area contributed by atoms with Crippen LogP contribution in [0, 0.1) is 0 Å². The molecule has 1 unspecified atom stereocenters. The van der Waals surface area contributed by atoms with Crippen molar-refractivity contribution in [1.29, 1.82) is 0 Å². The molecule has 0 aliphatic rings. The molecule has 2 amide bonds. The van der Waals surface area contributed by atoms with Crippen LogP contribution >= 0.6 is 0 Å². The molecule has 5 heteroatoms. The zero-order valence-electron chi connectivity index (χ0n) is 14.6. The minimum absolute atomic E-state index is 0.122. The summed E-state index contributed by atoms with van der Waals surface area (Å²) in [5.41, 5.74) is 2.31. The summed E-state index contributed by atoms with van der Waals surface area (Å²) in [7, 11) is 1.81. The van der Waals surface area contributed by atoms with Crippen molar-refractivity contribution in [3.05, 3.63) is 71.3 Å². The van der Waals surface area contributed by atoms with Gasteiger partial charge in [0.1, 0.15) is 0 Å². The van der Waals surface area contributed by atoms with Crippen LogP contribution in [0.5, 0.6) is 0 Å². The Bertz CT molecular complexity index is 699. The summed E-state index contributed by atoms with van der Waals surface area (Å²) in [6, 6.07) is 16.6. The molecular formula is C20H24N2O3. The number of nitrogens with one attached hydrogen (secondary N) is 1. The molecular weight excluding hydrogens is 316 g/mol. The fraction of sp³-hybridized carbons (Fsp3) is 0.300. The molecule has 25 heavy (non-hydrogen) atoms. The van der Waals surface area contributed by atoms with Crippen molar-refractivity contribution in [2.75, 3.05) is 7.05 Å². The maximum Gasteiger partial charge on any atom is 0.335 e. The Balaban J connectivity index is 1.90. The number of urea groups is 1. The minimum atomic E-state index is -0.956. The molecule has 0 aliphatic heterocycles. The van der Waals surface area contributed by atoms with E-state index in [0.717, 1.165) is 18.4 Å². The van der Waals surface area contributed by atoms with Crippen LogP contribution in [-0.4, -0.2) is 35.1 Å². The molecule has 0 aromatic heterocycles. The number of carbonyl (C=O) groups excluding carboxylic acids is 1. The van der Waals surface area contributed by atoms with E-state index in [1.54, 1.807) is 24.1 Å². The van der Waals surface area contributed by atoms with Gasteiger partial charge in [-0.2, -0.15) is 0 Å². The standard InChI is InChI=1S/C20H24N2O3/c1-3-18(13-15-7-5-4-6-8-15)22(2)20(25)21-14-16-9-11-17(12-10-16)19(23)24/h4-12,18H,3,13-14H2,1-2H3,(H,21,25)(H,23,24). The molecule has 0 aliphatic carbocycles. The molecule has 0 spiro atoms. The summed E-state index contributed by atoms with van der Waals surface area (Å²) in [5.74, 6) is -0.956. The van der Waals surface area contributed by atoms with E-state index in [9.17, 15) is 9.59 Å². The minimum Gasteiger partial charge on any atom is -0.478 e. The summed E-state index contributed by atoms with van der Waals surface area (Å²) < 4.78 is 0. The Morgan fingerprint density at radius 3 is 2.24 bits per heavy atom. The van der Waals surface area contributed by atoms with Gasteiger partial charge in [-0.3, -0.25) is 0 Å². The summed E-state index contributed by atoms with van der Waals surface area (Å²) in [6.07, 6.45) is 1.68. The summed E-state index contributed by atoms with van der Waals surface area (Å²) in [5, 5.41) is 11.8. The zero-order chi connectivity index (χ0) is 18.2. The lowest BCUT2D eigenvalue weighted by Gasteiger charge is -2.27. The van der Waals surface area contributed by atoms with Gasteiger partial charge in [-0.15, -0.1) is 0 Å². The van der Waals surface area contributed by atoms with Gasteiger partial charge in [-0.1, -0.05) is 49.4 Å². The second kappa shape index (κ2) is 8.87. The SMILES string of the molecule is CCC(Cc1ccccc1)N(C)C(=O)NCc1ccc(C(=O)O)cc1.